The molecule has 15 heavy (non-hydrogen) atoms. The van der Waals surface area contributed by atoms with Gasteiger partial charge in [-0.25, -0.2) is 8.78 Å². The molecule has 1 heterocycles. The predicted octanol–water partition coefficient (Wildman–Crippen LogP) is 0.545. The molecule has 1 saturated heterocycles. The molecule has 1 amide bonds. The van der Waals surface area contributed by atoms with Crippen molar-refractivity contribution >= 4 is 29.4 Å². The second-order valence-corrected chi connectivity index (χ2v) is 5.67. The van der Waals surface area contributed by atoms with Gasteiger partial charge in [-0.15, -0.1) is 11.8 Å². The van der Waals surface area contributed by atoms with Crippen molar-refractivity contribution in [3.63, 3.8) is 0 Å². The third-order valence-electron chi connectivity index (χ3n) is 1.93. The highest BCUT2D eigenvalue weighted by Gasteiger charge is 2.29. The average Bonchev–Trinajstić information content (AvgIpc) is 2.27. The predicted molar refractivity (Wildman–Crippen MR) is 60.6 cm³/mol. The van der Waals surface area contributed by atoms with E-state index in [1.165, 1.54) is 11.8 Å². The Morgan fingerprint density at radius 3 is 2.80 bits per heavy atom. The topological polar surface area (TPSA) is 55.1 Å². The van der Waals surface area contributed by atoms with E-state index in [4.69, 9.17) is 5.73 Å². The Labute approximate surface area is 95.9 Å². The number of hydrogen-bond donors (Lipinski definition) is 2. The molecule has 0 saturated carbocycles. The number of hydrogen-bond acceptors (Lipinski definition) is 4. The van der Waals surface area contributed by atoms with Crippen LogP contribution in [0.4, 0.5) is 8.78 Å². The lowest BCUT2D eigenvalue weighted by Crippen LogP contribution is -2.45. The minimum atomic E-state index is -3.00. The van der Waals surface area contributed by atoms with Gasteiger partial charge in [0.2, 0.25) is 5.91 Å². The lowest BCUT2D eigenvalue weighted by Gasteiger charge is -2.21. The van der Waals surface area contributed by atoms with Gasteiger partial charge in [0.15, 0.2) is 0 Å². The first-order valence-electron chi connectivity index (χ1n) is 4.60. The van der Waals surface area contributed by atoms with Crippen molar-refractivity contribution in [1.82, 2.24) is 5.32 Å². The molecule has 0 aromatic heterocycles. The number of amides is 1. The quantitative estimate of drug-likeness (QED) is 0.771. The molecule has 1 unspecified atom stereocenters. The molecule has 7 heteroatoms. The van der Waals surface area contributed by atoms with Crippen LogP contribution in [0.25, 0.3) is 0 Å². The molecule has 0 aromatic carbocycles. The van der Waals surface area contributed by atoms with Gasteiger partial charge >= 0.3 is 0 Å². The van der Waals surface area contributed by atoms with E-state index in [9.17, 15) is 13.6 Å². The summed E-state index contributed by atoms with van der Waals surface area (Å²) in [7, 11) is 0. The SMILES string of the molecule is NCC(F)(F)CNC(=O)C1CSCCS1. The third-order valence-corrected chi connectivity index (χ3v) is 4.68. The Kier molecular flexibility index (Phi) is 5.14. The second kappa shape index (κ2) is 5.91. The molecule has 1 aliphatic rings. The van der Waals surface area contributed by atoms with Crippen LogP contribution in [0, 0.1) is 0 Å². The van der Waals surface area contributed by atoms with Crippen LogP contribution in [-0.2, 0) is 4.79 Å². The molecule has 1 rings (SSSR count). The Hall–Kier alpha value is -0.0100. The summed E-state index contributed by atoms with van der Waals surface area (Å²) >= 11 is 3.20. The van der Waals surface area contributed by atoms with Gasteiger partial charge in [-0.2, -0.15) is 11.8 Å². The van der Waals surface area contributed by atoms with E-state index in [0.29, 0.717) is 5.75 Å². The summed E-state index contributed by atoms with van der Waals surface area (Å²) < 4.78 is 25.5. The molecule has 0 radical (unpaired) electrons. The van der Waals surface area contributed by atoms with E-state index in [1.54, 1.807) is 11.8 Å². The first-order valence-corrected chi connectivity index (χ1v) is 6.80. The molecule has 3 N–H and O–H groups in total. The molecule has 88 valence electrons. The highest BCUT2D eigenvalue weighted by molar-refractivity contribution is 8.07. The maximum absolute atomic E-state index is 12.7. The first-order chi connectivity index (χ1) is 7.05. The largest absolute Gasteiger partial charge is 0.349 e. The Bertz CT molecular complexity index is 223. The van der Waals surface area contributed by atoms with Crippen LogP contribution in [0.5, 0.6) is 0 Å². The number of alkyl halides is 2. The van der Waals surface area contributed by atoms with Crippen LogP contribution in [-0.4, -0.2) is 47.4 Å². The van der Waals surface area contributed by atoms with Crippen LogP contribution in [0.2, 0.25) is 0 Å². The van der Waals surface area contributed by atoms with Crippen LogP contribution in [0.3, 0.4) is 0 Å². The number of carbonyl (C=O) groups is 1. The molecule has 0 spiro atoms. The van der Waals surface area contributed by atoms with E-state index in [0.717, 1.165) is 11.5 Å². The van der Waals surface area contributed by atoms with Gasteiger partial charge in [-0.3, -0.25) is 4.79 Å². The zero-order valence-corrected chi connectivity index (χ0v) is 9.80. The summed E-state index contributed by atoms with van der Waals surface area (Å²) in [6.45, 7) is -1.40. The van der Waals surface area contributed by atoms with Gasteiger partial charge in [0, 0.05) is 17.3 Å². The molecule has 1 fully saturated rings. The summed E-state index contributed by atoms with van der Waals surface area (Å²) in [5, 5.41) is 2.04. The van der Waals surface area contributed by atoms with Gasteiger partial charge in [0.05, 0.1) is 18.3 Å². The fraction of sp³-hybridized carbons (Fsp3) is 0.875. The minimum absolute atomic E-state index is 0.197. The molecule has 0 aromatic rings. The number of nitrogens with one attached hydrogen (secondary N) is 1. The lowest BCUT2D eigenvalue weighted by atomic mass is 10.3. The Morgan fingerprint density at radius 1 is 1.53 bits per heavy atom. The van der Waals surface area contributed by atoms with Gasteiger partial charge in [-0.1, -0.05) is 0 Å². The monoisotopic (exact) mass is 256 g/mol. The summed E-state index contributed by atoms with van der Waals surface area (Å²) in [6.07, 6.45) is 0. The van der Waals surface area contributed by atoms with E-state index < -0.39 is 19.0 Å². The number of halogens is 2. The van der Waals surface area contributed by atoms with Gasteiger partial charge < -0.3 is 11.1 Å². The lowest BCUT2D eigenvalue weighted by molar-refractivity contribution is -0.122. The van der Waals surface area contributed by atoms with Crippen molar-refractivity contribution in [1.29, 1.82) is 0 Å². The van der Waals surface area contributed by atoms with E-state index in [2.05, 4.69) is 5.32 Å². The summed E-state index contributed by atoms with van der Waals surface area (Å²) in [4.78, 5) is 11.4. The molecule has 0 aliphatic carbocycles. The summed E-state index contributed by atoms with van der Waals surface area (Å²) in [6, 6.07) is 0. The Balaban J connectivity index is 2.28. The maximum atomic E-state index is 12.7. The standard InChI is InChI=1S/C8H14F2N2OS2/c9-8(10,4-11)5-12-7(13)6-3-14-1-2-15-6/h6H,1-5,11H2,(H,12,13). The van der Waals surface area contributed by atoms with E-state index >= 15 is 0 Å². The molecule has 1 aliphatic heterocycles. The molecule has 3 nitrogen and oxygen atoms in total. The first kappa shape index (κ1) is 13.1. The summed E-state index contributed by atoms with van der Waals surface area (Å²) in [5.41, 5.74) is 4.86. The molecule has 0 bridgehead atoms. The van der Waals surface area contributed by atoms with Crippen LogP contribution >= 0.6 is 23.5 Å². The number of thioether (sulfide) groups is 2. The fourth-order valence-electron chi connectivity index (χ4n) is 1.04. The van der Waals surface area contributed by atoms with Gasteiger partial charge in [0.25, 0.3) is 5.92 Å². The fourth-order valence-corrected chi connectivity index (χ4v) is 3.62. The Morgan fingerprint density at radius 2 is 2.27 bits per heavy atom. The van der Waals surface area contributed by atoms with Crippen LogP contribution < -0.4 is 11.1 Å². The van der Waals surface area contributed by atoms with E-state index in [-0.39, 0.29) is 11.2 Å². The van der Waals surface area contributed by atoms with Crippen molar-refractivity contribution < 1.29 is 13.6 Å². The van der Waals surface area contributed by atoms with Crippen LogP contribution in [0.15, 0.2) is 0 Å². The highest BCUT2D eigenvalue weighted by atomic mass is 32.2. The van der Waals surface area contributed by atoms with Crippen LogP contribution in [0.1, 0.15) is 0 Å². The zero-order valence-electron chi connectivity index (χ0n) is 8.17. The molecular formula is C8H14F2N2OS2. The smallest absolute Gasteiger partial charge is 0.277 e. The van der Waals surface area contributed by atoms with Crippen molar-refractivity contribution in [2.24, 2.45) is 5.73 Å². The maximum Gasteiger partial charge on any atom is 0.277 e. The molecule has 1 atom stereocenters. The van der Waals surface area contributed by atoms with Gasteiger partial charge in [-0.05, 0) is 0 Å². The van der Waals surface area contributed by atoms with Crippen molar-refractivity contribution in [2.75, 3.05) is 30.3 Å². The third kappa shape index (κ3) is 4.56. The summed E-state index contributed by atoms with van der Waals surface area (Å²) in [5.74, 6) is -0.684. The van der Waals surface area contributed by atoms with Crippen molar-refractivity contribution in [3.05, 3.63) is 0 Å². The zero-order chi connectivity index (χ0) is 11.3. The number of rotatable bonds is 4. The average molecular weight is 256 g/mol. The normalized spacial score (nSPS) is 22.5. The number of carbonyl (C=O) groups excluding carboxylic acids is 1. The minimum Gasteiger partial charge on any atom is -0.349 e. The van der Waals surface area contributed by atoms with Crippen molar-refractivity contribution in [3.8, 4) is 0 Å². The number of nitrogens with two attached hydrogens (primary N) is 1. The van der Waals surface area contributed by atoms with Gasteiger partial charge in [0.1, 0.15) is 0 Å². The second-order valence-electron chi connectivity index (χ2n) is 3.21. The van der Waals surface area contributed by atoms with E-state index in [1.807, 2.05) is 0 Å². The van der Waals surface area contributed by atoms with Crippen molar-refractivity contribution in [2.45, 2.75) is 11.2 Å². The molecular weight excluding hydrogens is 242 g/mol. The highest BCUT2D eigenvalue weighted by Crippen LogP contribution is 2.24.